The number of aliphatic imine (C=N–C) groups is 1. The van der Waals surface area contributed by atoms with Crippen molar-refractivity contribution in [2.24, 2.45) is 4.99 Å². The number of hydrogen-bond donors (Lipinski definition) is 0. The van der Waals surface area contributed by atoms with Crippen LogP contribution in [0.25, 0.3) is 0 Å². The predicted octanol–water partition coefficient (Wildman–Crippen LogP) is 3.30. The van der Waals surface area contributed by atoms with E-state index in [9.17, 15) is 4.79 Å². The van der Waals surface area contributed by atoms with Crippen LogP contribution in [0.4, 0.5) is 0 Å². The number of nitrogens with zero attached hydrogens (tertiary/aromatic N) is 3. The largest absolute Gasteiger partial charge is 0.493 e. The second-order valence-corrected chi connectivity index (χ2v) is 7.35. The highest BCUT2D eigenvalue weighted by molar-refractivity contribution is 6.14. The summed E-state index contributed by atoms with van der Waals surface area (Å²) in [5.41, 5.74) is 3.88. The lowest BCUT2D eigenvalue weighted by atomic mass is 9.74. The standard InChI is InChI=1S/C22H25N3O4/c1-4-28-21-8-16-17-7-15(29-13(2)26)5-6-19(17)25-22(14-10-23-12-24-11-14)18(16)9-20(21)27-3/h8-12,15,17,19H,4-7H2,1-3H3/t15-,17-,19-/m1/s1. The first-order valence-corrected chi connectivity index (χ1v) is 9.96. The fraction of sp³-hybridized carbons (Fsp3) is 0.455. The molecular formula is C22H25N3O4. The van der Waals surface area contributed by atoms with Gasteiger partial charge in [-0.05, 0) is 43.9 Å². The molecule has 1 aliphatic carbocycles. The van der Waals surface area contributed by atoms with Gasteiger partial charge in [-0.15, -0.1) is 0 Å². The Bertz CT molecular complexity index is 929. The summed E-state index contributed by atoms with van der Waals surface area (Å²) in [4.78, 5) is 24.9. The second-order valence-electron chi connectivity index (χ2n) is 7.35. The van der Waals surface area contributed by atoms with Crippen LogP contribution < -0.4 is 9.47 Å². The van der Waals surface area contributed by atoms with Gasteiger partial charge >= 0.3 is 5.97 Å². The lowest BCUT2D eigenvalue weighted by Gasteiger charge is -2.38. The topological polar surface area (TPSA) is 82.9 Å². The molecule has 2 aliphatic rings. The number of hydrogen-bond acceptors (Lipinski definition) is 7. The fourth-order valence-electron chi connectivity index (χ4n) is 4.35. The summed E-state index contributed by atoms with van der Waals surface area (Å²) in [6.07, 6.45) is 7.40. The summed E-state index contributed by atoms with van der Waals surface area (Å²) in [6, 6.07) is 4.16. The van der Waals surface area contributed by atoms with E-state index in [-0.39, 0.29) is 24.0 Å². The molecular weight excluding hydrogens is 370 g/mol. The summed E-state index contributed by atoms with van der Waals surface area (Å²) < 4.78 is 16.9. The van der Waals surface area contributed by atoms with Crippen molar-refractivity contribution < 1.29 is 19.0 Å². The molecule has 7 heteroatoms. The highest BCUT2D eigenvalue weighted by atomic mass is 16.5. The Hall–Kier alpha value is -2.96. The number of methoxy groups -OCH3 is 1. The van der Waals surface area contributed by atoms with Gasteiger partial charge in [0, 0.05) is 36.4 Å². The van der Waals surface area contributed by atoms with E-state index in [0.717, 1.165) is 41.7 Å². The zero-order chi connectivity index (χ0) is 20.4. The molecule has 0 N–H and O–H groups in total. The smallest absolute Gasteiger partial charge is 0.302 e. The van der Waals surface area contributed by atoms with Crippen LogP contribution in [-0.4, -0.2) is 47.5 Å². The Balaban J connectivity index is 1.82. The molecule has 2 heterocycles. The molecule has 2 aromatic rings. The van der Waals surface area contributed by atoms with Gasteiger partial charge in [-0.1, -0.05) is 0 Å². The molecule has 7 nitrogen and oxygen atoms in total. The average molecular weight is 395 g/mol. The van der Waals surface area contributed by atoms with Crippen molar-refractivity contribution in [1.82, 2.24) is 9.97 Å². The first kappa shape index (κ1) is 19.4. The van der Waals surface area contributed by atoms with Gasteiger partial charge < -0.3 is 14.2 Å². The van der Waals surface area contributed by atoms with Gasteiger partial charge in [0.15, 0.2) is 11.5 Å². The van der Waals surface area contributed by atoms with E-state index < -0.39 is 0 Å². The van der Waals surface area contributed by atoms with Crippen LogP contribution in [0.1, 0.15) is 55.7 Å². The molecule has 1 fully saturated rings. The number of esters is 1. The lowest BCUT2D eigenvalue weighted by Crippen LogP contribution is -2.36. The summed E-state index contributed by atoms with van der Waals surface area (Å²) in [6.45, 7) is 3.96. The van der Waals surface area contributed by atoms with Crippen molar-refractivity contribution in [2.45, 2.75) is 51.2 Å². The van der Waals surface area contributed by atoms with E-state index in [1.54, 1.807) is 19.5 Å². The Kier molecular flexibility index (Phi) is 5.47. The fourth-order valence-corrected chi connectivity index (χ4v) is 4.35. The van der Waals surface area contributed by atoms with Crippen LogP contribution >= 0.6 is 0 Å². The minimum atomic E-state index is -0.236. The van der Waals surface area contributed by atoms with Gasteiger partial charge in [-0.25, -0.2) is 9.97 Å². The van der Waals surface area contributed by atoms with Gasteiger partial charge in [0.2, 0.25) is 0 Å². The lowest BCUT2D eigenvalue weighted by molar-refractivity contribution is -0.148. The van der Waals surface area contributed by atoms with E-state index in [0.29, 0.717) is 18.1 Å². The molecule has 0 unspecified atom stereocenters. The molecule has 1 aliphatic heterocycles. The maximum Gasteiger partial charge on any atom is 0.302 e. The van der Waals surface area contributed by atoms with Crippen molar-refractivity contribution in [3.8, 4) is 11.5 Å². The van der Waals surface area contributed by atoms with Gasteiger partial charge in [0.25, 0.3) is 0 Å². The second kappa shape index (κ2) is 8.19. The number of carbonyl (C=O) groups is 1. The quantitative estimate of drug-likeness (QED) is 0.723. The van der Waals surface area contributed by atoms with Gasteiger partial charge in [0.1, 0.15) is 12.4 Å². The SMILES string of the molecule is CCOc1cc2c(cc1OC)C(c1cncnc1)=N[C@@H]1CC[C@@H](OC(C)=O)C[C@H]21. The average Bonchev–Trinajstić information content (AvgIpc) is 2.73. The maximum absolute atomic E-state index is 11.5. The predicted molar refractivity (Wildman–Crippen MR) is 108 cm³/mol. The third-order valence-electron chi connectivity index (χ3n) is 5.52. The van der Waals surface area contributed by atoms with E-state index in [2.05, 4.69) is 16.0 Å². The number of aromatic nitrogens is 2. The molecule has 0 bridgehead atoms. The van der Waals surface area contributed by atoms with Crippen LogP contribution in [0.15, 0.2) is 35.8 Å². The zero-order valence-electron chi connectivity index (χ0n) is 16.9. The number of rotatable bonds is 5. The molecule has 0 spiro atoms. The number of ether oxygens (including phenoxy) is 3. The molecule has 0 radical (unpaired) electrons. The summed E-state index contributed by atoms with van der Waals surface area (Å²) >= 11 is 0. The van der Waals surface area contributed by atoms with Crippen LogP contribution in [0.2, 0.25) is 0 Å². The Morgan fingerprint density at radius 2 is 1.97 bits per heavy atom. The monoisotopic (exact) mass is 395 g/mol. The third-order valence-corrected chi connectivity index (χ3v) is 5.52. The van der Waals surface area contributed by atoms with E-state index >= 15 is 0 Å². The molecule has 0 saturated heterocycles. The van der Waals surface area contributed by atoms with Crippen LogP contribution in [-0.2, 0) is 9.53 Å². The van der Waals surface area contributed by atoms with Gasteiger partial charge in [-0.3, -0.25) is 9.79 Å². The Morgan fingerprint density at radius 3 is 2.66 bits per heavy atom. The summed E-state index contributed by atoms with van der Waals surface area (Å²) in [5.74, 6) is 1.30. The zero-order valence-corrected chi connectivity index (χ0v) is 16.9. The molecule has 1 saturated carbocycles. The Labute approximate surface area is 170 Å². The summed E-state index contributed by atoms with van der Waals surface area (Å²) in [5, 5.41) is 0. The number of benzene rings is 1. The highest BCUT2D eigenvalue weighted by Crippen LogP contribution is 2.45. The van der Waals surface area contributed by atoms with Crippen molar-refractivity contribution in [1.29, 1.82) is 0 Å². The minimum absolute atomic E-state index is 0.0870. The van der Waals surface area contributed by atoms with Gasteiger partial charge in [0.05, 0.1) is 25.5 Å². The third kappa shape index (κ3) is 3.81. The Morgan fingerprint density at radius 1 is 1.17 bits per heavy atom. The number of fused-ring (bicyclic) bond motifs is 3. The summed E-state index contributed by atoms with van der Waals surface area (Å²) in [7, 11) is 1.63. The molecule has 152 valence electrons. The molecule has 1 aromatic heterocycles. The molecule has 3 atom stereocenters. The molecule has 4 rings (SSSR count). The normalized spacial score (nSPS) is 22.7. The molecule has 1 aromatic carbocycles. The maximum atomic E-state index is 11.5. The van der Waals surface area contributed by atoms with E-state index in [4.69, 9.17) is 19.2 Å². The van der Waals surface area contributed by atoms with Crippen LogP contribution in [0.3, 0.4) is 0 Å². The van der Waals surface area contributed by atoms with Crippen LogP contribution in [0, 0.1) is 0 Å². The minimum Gasteiger partial charge on any atom is -0.493 e. The van der Waals surface area contributed by atoms with Crippen molar-refractivity contribution in [3.05, 3.63) is 47.5 Å². The van der Waals surface area contributed by atoms with Gasteiger partial charge in [-0.2, -0.15) is 0 Å². The molecule has 29 heavy (non-hydrogen) atoms. The van der Waals surface area contributed by atoms with Crippen molar-refractivity contribution >= 4 is 11.7 Å². The first-order chi connectivity index (χ1) is 14.1. The van der Waals surface area contributed by atoms with Crippen LogP contribution in [0.5, 0.6) is 11.5 Å². The number of carbonyl (C=O) groups excluding carboxylic acids is 1. The van der Waals surface area contributed by atoms with E-state index in [1.165, 1.54) is 13.3 Å². The molecule has 0 amide bonds. The van der Waals surface area contributed by atoms with Crippen molar-refractivity contribution in [3.63, 3.8) is 0 Å². The first-order valence-electron chi connectivity index (χ1n) is 9.96. The van der Waals surface area contributed by atoms with E-state index in [1.807, 2.05) is 13.0 Å². The van der Waals surface area contributed by atoms with Crippen molar-refractivity contribution in [2.75, 3.05) is 13.7 Å². The highest BCUT2D eigenvalue weighted by Gasteiger charge is 2.38.